The van der Waals surface area contributed by atoms with Crippen LogP contribution in [-0.4, -0.2) is 35.0 Å². The van der Waals surface area contributed by atoms with Gasteiger partial charge in [-0.25, -0.2) is 0 Å². The number of benzene rings is 2. The Balaban J connectivity index is 1.58. The van der Waals surface area contributed by atoms with Crippen LogP contribution in [0.1, 0.15) is 5.56 Å². The number of carbonyl (C=O) groups excluding carboxylic acids is 1. The van der Waals surface area contributed by atoms with Crippen LogP contribution in [0.4, 0.5) is 17.1 Å². The van der Waals surface area contributed by atoms with E-state index in [1.54, 1.807) is 11.8 Å². The van der Waals surface area contributed by atoms with Gasteiger partial charge in [-0.15, -0.1) is 11.8 Å². The van der Waals surface area contributed by atoms with Gasteiger partial charge in [0.05, 0.1) is 16.6 Å². The molecule has 4 rings (SSSR count). The van der Waals surface area contributed by atoms with Crippen molar-refractivity contribution in [3.63, 3.8) is 0 Å². The molecular weight excluding hydrogens is 336 g/mol. The molecule has 0 aliphatic carbocycles. The maximum atomic E-state index is 12.6. The van der Waals surface area contributed by atoms with E-state index in [0.717, 1.165) is 41.6 Å². The second-order valence-electron chi connectivity index (χ2n) is 5.97. The molecule has 24 heavy (non-hydrogen) atoms. The first-order chi connectivity index (χ1) is 11.8. The normalized spacial score (nSPS) is 19.8. The van der Waals surface area contributed by atoms with Crippen molar-refractivity contribution in [2.45, 2.75) is 11.7 Å². The van der Waals surface area contributed by atoms with Gasteiger partial charge in [0, 0.05) is 29.5 Å². The zero-order valence-electron chi connectivity index (χ0n) is 13.4. The molecule has 3 nitrogen and oxygen atoms in total. The first-order valence-corrected chi connectivity index (χ1v) is 10.5. The summed E-state index contributed by atoms with van der Waals surface area (Å²) in [6.45, 7) is 0.959. The molecule has 2 aromatic carbocycles. The van der Waals surface area contributed by atoms with E-state index in [2.05, 4.69) is 40.5 Å². The molecule has 0 radical (unpaired) electrons. The lowest BCUT2D eigenvalue weighted by atomic mass is 10.1. The molecular formula is C19H20N2OS2. The third-order valence-electron chi connectivity index (χ3n) is 4.45. The lowest BCUT2D eigenvalue weighted by molar-refractivity contribution is -0.115. The zero-order chi connectivity index (χ0) is 16.4. The third-order valence-corrected chi connectivity index (χ3v) is 7.20. The van der Waals surface area contributed by atoms with E-state index in [-0.39, 0.29) is 11.2 Å². The molecule has 124 valence electrons. The first kappa shape index (κ1) is 15.9. The highest BCUT2D eigenvalue weighted by molar-refractivity contribution is 8.07. The summed E-state index contributed by atoms with van der Waals surface area (Å²) in [4.78, 5) is 14.9. The lowest BCUT2D eigenvalue weighted by Crippen LogP contribution is -2.30. The van der Waals surface area contributed by atoms with Gasteiger partial charge in [-0.05, 0) is 30.2 Å². The summed E-state index contributed by atoms with van der Waals surface area (Å²) < 4.78 is 0. The van der Waals surface area contributed by atoms with E-state index in [4.69, 9.17) is 0 Å². The average Bonchev–Trinajstić information content (AvgIpc) is 3.07. The number of thioether (sulfide) groups is 2. The number of nitrogens with zero attached hydrogens (tertiary/aromatic N) is 1. The Morgan fingerprint density at radius 3 is 2.67 bits per heavy atom. The van der Waals surface area contributed by atoms with Crippen molar-refractivity contribution in [3.8, 4) is 0 Å². The van der Waals surface area contributed by atoms with Crippen LogP contribution in [-0.2, 0) is 11.2 Å². The summed E-state index contributed by atoms with van der Waals surface area (Å²) in [5, 5.41) is 3.23. The quantitative estimate of drug-likeness (QED) is 0.895. The van der Waals surface area contributed by atoms with Crippen molar-refractivity contribution < 1.29 is 4.79 Å². The van der Waals surface area contributed by atoms with E-state index >= 15 is 0 Å². The Bertz CT molecular complexity index is 744. The van der Waals surface area contributed by atoms with E-state index < -0.39 is 0 Å². The van der Waals surface area contributed by atoms with Gasteiger partial charge in [-0.2, -0.15) is 11.8 Å². The highest BCUT2D eigenvalue weighted by Crippen LogP contribution is 2.38. The van der Waals surface area contributed by atoms with Crippen molar-refractivity contribution in [2.75, 3.05) is 34.0 Å². The molecule has 0 spiro atoms. The molecule has 2 aliphatic heterocycles. The second-order valence-corrected chi connectivity index (χ2v) is 8.43. The standard InChI is InChI=1S/C19H20N2OS2/c22-19(18-13-23-11-12-24-18)20-15-6-2-4-8-17(15)21-10-9-14-5-1-3-7-16(14)21/h1-8,18H,9-13H2,(H,20,22). The number of anilines is 3. The molecule has 1 saturated heterocycles. The van der Waals surface area contributed by atoms with Crippen LogP contribution in [0, 0.1) is 0 Å². The second kappa shape index (κ2) is 7.11. The van der Waals surface area contributed by atoms with E-state index in [1.807, 2.05) is 30.0 Å². The third kappa shape index (κ3) is 3.15. The minimum absolute atomic E-state index is 0.0580. The van der Waals surface area contributed by atoms with Crippen LogP contribution in [0.5, 0.6) is 0 Å². The van der Waals surface area contributed by atoms with Crippen LogP contribution >= 0.6 is 23.5 Å². The zero-order valence-corrected chi connectivity index (χ0v) is 15.0. The molecule has 2 heterocycles. The Morgan fingerprint density at radius 2 is 1.83 bits per heavy atom. The van der Waals surface area contributed by atoms with Gasteiger partial charge in [0.15, 0.2) is 0 Å². The molecule has 0 aromatic heterocycles. The molecule has 1 atom stereocenters. The number of fused-ring (bicyclic) bond motifs is 1. The minimum Gasteiger partial charge on any atom is -0.339 e. The van der Waals surface area contributed by atoms with Crippen LogP contribution < -0.4 is 10.2 Å². The van der Waals surface area contributed by atoms with E-state index in [0.29, 0.717) is 0 Å². The first-order valence-electron chi connectivity index (χ1n) is 8.27. The Kier molecular flexibility index (Phi) is 4.72. The van der Waals surface area contributed by atoms with Gasteiger partial charge in [-0.1, -0.05) is 30.3 Å². The molecule has 2 aliphatic rings. The van der Waals surface area contributed by atoms with Crippen molar-refractivity contribution >= 4 is 46.5 Å². The molecule has 0 saturated carbocycles. The topological polar surface area (TPSA) is 32.3 Å². The fraction of sp³-hybridized carbons (Fsp3) is 0.316. The monoisotopic (exact) mass is 356 g/mol. The summed E-state index contributed by atoms with van der Waals surface area (Å²) in [6, 6.07) is 16.7. The number of hydrogen-bond donors (Lipinski definition) is 1. The fourth-order valence-corrected chi connectivity index (χ4v) is 5.81. The summed E-state index contributed by atoms with van der Waals surface area (Å²) in [5.74, 6) is 3.25. The fourth-order valence-electron chi connectivity index (χ4n) is 3.26. The predicted octanol–water partition coefficient (Wildman–Crippen LogP) is 4.17. The summed E-state index contributed by atoms with van der Waals surface area (Å²) in [7, 11) is 0. The van der Waals surface area contributed by atoms with Crippen molar-refractivity contribution in [2.24, 2.45) is 0 Å². The predicted molar refractivity (Wildman–Crippen MR) is 106 cm³/mol. The molecule has 5 heteroatoms. The van der Waals surface area contributed by atoms with Crippen LogP contribution in [0.15, 0.2) is 48.5 Å². The maximum absolute atomic E-state index is 12.6. The SMILES string of the molecule is O=C(Nc1ccccc1N1CCc2ccccc21)C1CSCCS1. The Hall–Kier alpha value is -1.59. The molecule has 1 fully saturated rings. The average molecular weight is 357 g/mol. The number of hydrogen-bond acceptors (Lipinski definition) is 4. The van der Waals surface area contributed by atoms with Crippen molar-refractivity contribution in [1.29, 1.82) is 0 Å². The number of amides is 1. The Morgan fingerprint density at radius 1 is 1.04 bits per heavy atom. The molecule has 0 bridgehead atoms. The van der Waals surface area contributed by atoms with E-state index in [9.17, 15) is 4.79 Å². The largest absolute Gasteiger partial charge is 0.339 e. The van der Waals surface area contributed by atoms with Gasteiger partial charge in [-0.3, -0.25) is 4.79 Å². The van der Waals surface area contributed by atoms with Gasteiger partial charge < -0.3 is 10.2 Å². The smallest absolute Gasteiger partial charge is 0.238 e. The summed E-state index contributed by atoms with van der Waals surface area (Å²) in [6.07, 6.45) is 1.05. The van der Waals surface area contributed by atoms with Gasteiger partial charge in [0.25, 0.3) is 0 Å². The van der Waals surface area contributed by atoms with Crippen molar-refractivity contribution in [1.82, 2.24) is 0 Å². The van der Waals surface area contributed by atoms with Gasteiger partial charge >= 0.3 is 0 Å². The Labute approximate surface area is 151 Å². The van der Waals surface area contributed by atoms with Gasteiger partial charge in [0.2, 0.25) is 5.91 Å². The number of para-hydroxylation sites is 3. The van der Waals surface area contributed by atoms with Crippen LogP contribution in [0.3, 0.4) is 0 Å². The molecule has 1 amide bonds. The highest BCUT2D eigenvalue weighted by atomic mass is 32.2. The van der Waals surface area contributed by atoms with Gasteiger partial charge in [0.1, 0.15) is 0 Å². The maximum Gasteiger partial charge on any atom is 0.238 e. The number of carbonyl (C=O) groups is 1. The van der Waals surface area contributed by atoms with Crippen LogP contribution in [0.25, 0.3) is 0 Å². The van der Waals surface area contributed by atoms with E-state index in [1.165, 1.54) is 11.3 Å². The lowest BCUT2D eigenvalue weighted by Gasteiger charge is -2.25. The minimum atomic E-state index is 0.0580. The highest BCUT2D eigenvalue weighted by Gasteiger charge is 2.25. The molecule has 1 unspecified atom stereocenters. The molecule has 1 N–H and O–H groups in total. The van der Waals surface area contributed by atoms with Crippen molar-refractivity contribution in [3.05, 3.63) is 54.1 Å². The number of rotatable bonds is 3. The summed E-state index contributed by atoms with van der Waals surface area (Å²) >= 11 is 3.64. The van der Waals surface area contributed by atoms with Crippen LogP contribution in [0.2, 0.25) is 0 Å². The summed E-state index contributed by atoms with van der Waals surface area (Å²) in [5.41, 5.74) is 4.62. The molecule has 2 aromatic rings. The number of nitrogens with one attached hydrogen (secondary N) is 1.